The van der Waals surface area contributed by atoms with Crippen molar-refractivity contribution in [2.24, 2.45) is 0 Å². The molecule has 25 heavy (non-hydrogen) atoms. The summed E-state index contributed by atoms with van der Waals surface area (Å²) in [5.41, 5.74) is 1.18. The molecule has 0 bridgehead atoms. The van der Waals surface area contributed by atoms with Gasteiger partial charge < -0.3 is 5.32 Å². The minimum Gasteiger partial charge on any atom is -0.352 e. The summed E-state index contributed by atoms with van der Waals surface area (Å²) in [6.45, 7) is 3.41. The first kappa shape index (κ1) is 18.6. The number of hydrogen-bond donors (Lipinski definition) is 1. The van der Waals surface area contributed by atoms with Gasteiger partial charge in [0.15, 0.2) is 0 Å². The molecule has 7 heteroatoms. The molecule has 1 aromatic rings. The maximum atomic E-state index is 12.1. The van der Waals surface area contributed by atoms with Crippen LogP contribution in [0.2, 0.25) is 0 Å². The number of rotatable bonds is 8. The zero-order valence-electron chi connectivity index (χ0n) is 14.5. The Morgan fingerprint density at radius 1 is 1.08 bits per heavy atom. The molecule has 1 aliphatic rings. The Morgan fingerprint density at radius 2 is 1.72 bits per heavy atom. The van der Waals surface area contributed by atoms with Crippen molar-refractivity contribution in [1.29, 1.82) is 0 Å². The fourth-order valence-corrected chi connectivity index (χ4v) is 2.67. The van der Waals surface area contributed by atoms with E-state index in [1.54, 1.807) is 6.92 Å². The van der Waals surface area contributed by atoms with Crippen LogP contribution in [0.25, 0.3) is 0 Å². The number of imide groups is 2. The molecule has 0 radical (unpaired) electrons. The Balaban J connectivity index is 1.84. The van der Waals surface area contributed by atoms with Crippen molar-refractivity contribution in [3.05, 3.63) is 35.9 Å². The topological polar surface area (TPSA) is 86.8 Å². The highest BCUT2D eigenvalue weighted by Gasteiger charge is 2.44. The summed E-state index contributed by atoms with van der Waals surface area (Å²) in [4.78, 5) is 49.4. The lowest BCUT2D eigenvalue weighted by Gasteiger charge is -2.17. The molecule has 1 fully saturated rings. The van der Waals surface area contributed by atoms with Crippen LogP contribution in [-0.4, -0.2) is 52.7 Å². The normalized spacial score (nSPS) is 15.7. The smallest absolute Gasteiger partial charge is 0.334 e. The first-order chi connectivity index (χ1) is 11.9. The summed E-state index contributed by atoms with van der Waals surface area (Å²) < 4.78 is 0. The zero-order chi connectivity index (χ0) is 18.4. The minimum absolute atomic E-state index is 0.108. The van der Waals surface area contributed by atoms with E-state index in [1.807, 2.05) is 37.3 Å². The van der Waals surface area contributed by atoms with Gasteiger partial charge in [-0.15, -0.1) is 0 Å². The van der Waals surface area contributed by atoms with Crippen molar-refractivity contribution in [1.82, 2.24) is 15.1 Å². The molecule has 0 aromatic heterocycles. The van der Waals surface area contributed by atoms with Crippen molar-refractivity contribution in [3.8, 4) is 0 Å². The van der Waals surface area contributed by atoms with Gasteiger partial charge in [0.25, 0.3) is 0 Å². The summed E-state index contributed by atoms with van der Waals surface area (Å²) in [5.74, 6) is -2.25. The van der Waals surface area contributed by atoms with E-state index in [2.05, 4.69) is 5.32 Å². The molecule has 1 heterocycles. The Hall–Kier alpha value is -2.70. The van der Waals surface area contributed by atoms with Crippen molar-refractivity contribution in [3.63, 3.8) is 0 Å². The molecule has 1 atom stereocenters. The molecular weight excluding hydrogens is 322 g/mol. The lowest BCUT2D eigenvalue weighted by atomic mass is 10.1. The number of amides is 5. The first-order valence-corrected chi connectivity index (χ1v) is 8.44. The summed E-state index contributed by atoms with van der Waals surface area (Å²) in [6, 6.07) is 9.08. The van der Waals surface area contributed by atoms with Gasteiger partial charge in [0.2, 0.25) is 5.91 Å². The van der Waals surface area contributed by atoms with Gasteiger partial charge in [-0.2, -0.15) is 0 Å². The van der Waals surface area contributed by atoms with E-state index in [1.165, 1.54) is 5.56 Å². The molecule has 1 saturated heterocycles. The molecule has 134 valence electrons. The number of carbonyl (C=O) groups excluding carboxylic acids is 4. The van der Waals surface area contributed by atoms with E-state index in [4.69, 9.17) is 0 Å². The predicted octanol–water partition coefficient (Wildman–Crippen LogP) is 1.32. The van der Waals surface area contributed by atoms with E-state index in [9.17, 15) is 19.2 Å². The molecule has 1 aliphatic heterocycles. The van der Waals surface area contributed by atoms with Crippen LogP contribution >= 0.6 is 0 Å². The van der Waals surface area contributed by atoms with Crippen LogP contribution in [0.5, 0.6) is 0 Å². The number of hydrogen-bond acceptors (Lipinski definition) is 4. The van der Waals surface area contributed by atoms with Crippen LogP contribution in [-0.2, 0) is 20.8 Å². The van der Waals surface area contributed by atoms with Gasteiger partial charge in [-0.1, -0.05) is 37.3 Å². The quantitative estimate of drug-likeness (QED) is 0.569. The van der Waals surface area contributed by atoms with Gasteiger partial charge in [-0.3, -0.25) is 19.3 Å². The second kappa shape index (κ2) is 8.41. The van der Waals surface area contributed by atoms with E-state index >= 15 is 0 Å². The van der Waals surface area contributed by atoms with Crippen LogP contribution in [0.15, 0.2) is 30.3 Å². The SMILES string of the molecule is CCCN1C(=O)C(=O)N(CC(=O)N[C@H](C)CCc2ccccc2)C1=O. The average Bonchev–Trinajstić information content (AvgIpc) is 2.79. The largest absolute Gasteiger partial charge is 0.352 e. The summed E-state index contributed by atoms with van der Waals surface area (Å²) in [7, 11) is 0. The highest BCUT2D eigenvalue weighted by Crippen LogP contribution is 2.12. The maximum Gasteiger partial charge on any atom is 0.334 e. The fourth-order valence-electron chi connectivity index (χ4n) is 2.67. The molecule has 1 aromatic carbocycles. The second-order valence-electron chi connectivity index (χ2n) is 6.12. The zero-order valence-corrected chi connectivity index (χ0v) is 14.5. The van der Waals surface area contributed by atoms with Crippen LogP contribution in [0, 0.1) is 0 Å². The van der Waals surface area contributed by atoms with Crippen LogP contribution in [0.4, 0.5) is 4.79 Å². The molecule has 1 N–H and O–H groups in total. The second-order valence-corrected chi connectivity index (χ2v) is 6.12. The average molecular weight is 345 g/mol. The highest BCUT2D eigenvalue weighted by atomic mass is 16.2. The van der Waals surface area contributed by atoms with Gasteiger partial charge in [0.1, 0.15) is 6.54 Å². The number of carbonyl (C=O) groups is 4. The Bertz CT molecular complexity index is 660. The van der Waals surface area contributed by atoms with E-state index in [-0.39, 0.29) is 12.6 Å². The molecular formula is C18H23N3O4. The standard InChI is InChI=1S/C18H23N3O4/c1-3-11-20-16(23)17(24)21(18(20)25)12-15(22)19-13(2)9-10-14-7-5-4-6-8-14/h4-8,13H,3,9-12H2,1-2H3,(H,19,22)/t13-/m1/s1. The van der Waals surface area contributed by atoms with Crippen LogP contribution < -0.4 is 5.32 Å². The molecule has 5 amide bonds. The van der Waals surface area contributed by atoms with Crippen LogP contribution in [0.1, 0.15) is 32.3 Å². The van der Waals surface area contributed by atoms with Gasteiger partial charge in [0, 0.05) is 12.6 Å². The molecule has 0 unspecified atom stereocenters. The molecule has 2 rings (SSSR count). The first-order valence-electron chi connectivity index (χ1n) is 8.44. The number of nitrogens with one attached hydrogen (secondary N) is 1. The Labute approximate surface area is 147 Å². The summed E-state index contributed by atoms with van der Waals surface area (Å²) in [6.07, 6.45) is 2.10. The maximum absolute atomic E-state index is 12.1. The number of benzene rings is 1. The van der Waals surface area contributed by atoms with Crippen molar-refractivity contribution >= 4 is 23.8 Å². The molecule has 7 nitrogen and oxygen atoms in total. The van der Waals surface area contributed by atoms with Gasteiger partial charge >= 0.3 is 17.8 Å². The summed E-state index contributed by atoms with van der Waals surface area (Å²) >= 11 is 0. The lowest BCUT2D eigenvalue weighted by Crippen LogP contribution is -2.44. The molecule has 0 saturated carbocycles. The van der Waals surface area contributed by atoms with Gasteiger partial charge in [-0.05, 0) is 31.7 Å². The third kappa shape index (κ3) is 4.65. The van der Waals surface area contributed by atoms with Crippen molar-refractivity contribution in [2.45, 2.75) is 39.2 Å². The van der Waals surface area contributed by atoms with Crippen molar-refractivity contribution in [2.75, 3.05) is 13.1 Å². The third-order valence-electron chi connectivity index (χ3n) is 4.00. The van der Waals surface area contributed by atoms with Gasteiger partial charge in [-0.25, -0.2) is 9.69 Å². The third-order valence-corrected chi connectivity index (χ3v) is 4.00. The number of nitrogens with zero attached hydrogens (tertiary/aromatic N) is 2. The minimum atomic E-state index is -0.939. The van der Waals surface area contributed by atoms with E-state index < -0.39 is 30.3 Å². The predicted molar refractivity (Wildman–Crippen MR) is 91.5 cm³/mol. The number of aryl methyl sites for hydroxylation is 1. The Morgan fingerprint density at radius 3 is 2.36 bits per heavy atom. The lowest BCUT2D eigenvalue weighted by molar-refractivity contribution is -0.144. The van der Waals surface area contributed by atoms with E-state index in [0.717, 1.165) is 17.7 Å². The molecule has 0 aliphatic carbocycles. The number of urea groups is 1. The fraction of sp³-hybridized carbons (Fsp3) is 0.444. The van der Waals surface area contributed by atoms with Gasteiger partial charge in [0.05, 0.1) is 0 Å². The van der Waals surface area contributed by atoms with E-state index in [0.29, 0.717) is 11.3 Å². The highest BCUT2D eigenvalue weighted by molar-refractivity contribution is 6.45. The Kier molecular flexibility index (Phi) is 6.27. The molecule has 0 spiro atoms. The van der Waals surface area contributed by atoms with Crippen LogP contribution in [0.3, 0.4) is 0 Å². The summed E-state index contributed by atoms with van der Waals surface area (Å²) in [5, 5.41) is 2.76. The van der Waals surface area contributed by atoms with Crippen molar-refractivity contribution < 1.29 is 19.2 Å². The monoisotopic (exact) mass is 345 g/mol.